The Morgan fingerprint density at radius 2 is 2.27 bits per heavy atom. The fourth-order valence-electron chi connectivity index (χ4n) is 0.790. The Labute approximate surface area is 61.6 Å². The zero-order valence-corrected chi connectivity index (χ0v) is 5.73. The van der Waals surface area contributed by atoms with E-state index in [9.17, 15) is 8.78 Å². The van der Waals surface area contributed by atoms with Gasteiger partial charge >= 0.3 is 0 Å². The van der Waals surface area contributed by atoms with Crippen LogP contribution in [0.5, 0.6) is 0 Å². The van der Waals surface area contributed by atoms with E-state index in [1.807, 2.05) is 0 Å². The number of rotatable bonds is 1. The number of hydrogen-bond donors (Lipinski definition) is 1. The number of aromatic nitrogens is 2. The molecule has 58 valence electrons. The monoisotopic (exact) mass is 157 g/mol. The molecule has 1 rings (SSSR count). The van der Waals surface area contributed by atoms with Crippen LogP contribution in [0.4, 0.5) is 8.78 Å². The van der Waals surface area contributed by atoms with Gasteiger partial charge in [-0.1, -0.05) is 0 Å². The second-order valence-electron chi connectivity index (χ2n) is 2.02. The van der Waals surface area contributed by atoms with Gasteiger partial charge in [-0.05, 0) is 6.92 Å². The molecule has 0 saturated heterocycles. The highest BCUT2D eigenvalue weighted by Crippen LogP contribution is 2.23. The number of nitrogens with zero attached hydrogens (tertiary/aromatic N) is 2. The fraction of sp³-hybridized carbons (Fsp3) is 0.333. The molecule has 1 heterocycles. The maximum absolute atomic E-state index is 12.1. The molecular formula is C6H5F2N3. The van der Waals surface area contributed by atoms with Gasteiger partial charge < -0.3 is 0 Å². The Hall–Kier alpha value is -1.44. The van der Waals surface area contributed by atoms with Gasteiger partial charge in [-0.25, -0.2) is 8.78 Å². The summed E-state index contributed by atoms with van der Waals surface area (Å²) < 4.78 is 24.2. The summed E-state index contributed by atoms with van der Waals surface area (Å²) in [5.41, 5.74) is -0.276. The predicted octanol–water partition coefficient (Wildman–Crippen LogP) is 1.53. The van der Waals surface area contributed by atoms with E-state index < -0.39 is 6.43 Å². The Morgan fingerprint density at radius 1 is 1.64 bits per heavy atom. The van der Waals surface area contributed by atoms with Crippen molar-refractivity contribution in [2.45, 2.75) is 13.3 Å². The fourth-order valence-corrected chi connectivity index (χ4v) is 0.790. The Bertz CT molecular complexity index is 297. The number of aryl methyl sites for hydroxylation is 1. The van der Waals surface area contributed by atoms with Crippen LogP contribution >= 0.6 is 0 Å². The molecule has 0 aliphatic rings. The van der Waals surface area contributed by atoms with Crippen molar-refractivity contribution < 1.29 is 8.78 Å². The van der Waals surface area contributed by atoms with Gasteiger partial charge in [0, 0.05) is 5.69 Å². The van der Waals surface area contributed by atoms with E-state index in [1.54, 1.807) is 6.07 Å². The third-order valence-electron chi connectivity index (χ3n) is 1.32. The summed E-state index contributed by atoms with van der Waals surface area (Å²) >= 11 is 0. The van der Waals surface area contributed by atoms with Crippen LogP contribution in [0.3, 0.4) is 0 Å². The number of H-pyrrole nitrogens is 1. The van der Waals surface area contributed by atoms with Crippen molar-refractivity contribution in [3.63, 3.8) is 0 Å². The molecule has 0 aliphatic heterocycles. The molecule has 0 aliphatic carbocycles. The Kier molecular flexibility index (Phi) is 1.85. The van der Waals surface area contributed by atoms with Gasteiger partial charge in [-0.2, -0.15) is 10.4 Å². The second-order valence-corrected chi connectivity index (χ2v) is 2.02. The first-order chi connectivity index (χ1) is 5.16. The highest BCUT2D eigenvalue weighted by Gasteiger charge is 2.18. The first-order valence-corrected chi connectivity index (χ1v) is 2.90. The first kappa shape index (κ1) is 7.66. The molecule has 5 heteroatoms. The van der Waals surface area contributed by atoms with Gasteiger partial charge in [0.05, 0.1) is 5.56 Å². The van der Waals surface area contributed by atoms with Gasteiger partial charge in [0.1, 0.15) is 6.07 Å². The van der Waals surface area contributed by atoms with Crippen LogP contribution < -0.4 is 0 Å². The molecule has 0 aromatic carbocycles. The number of alkyl halides is 2. The van der Waals surface area contributed by atoms with Crippen molar-refractivity contribution in [1.82, 2.24) is 10.2 Å². The summed E-state index contributed by atoms with van der Waals surface area (Å²) in [5, 5.41) is 14.0. The summed E-state index contributed by atoms with van der Waals surface area (Å²) in [5.74, 6) is 0. The molecule has 1 aromatic rings. The molecular weight excluding hydrogens is 152 g/mol. The zero-order chi connectivity index (χ0) is 8.43. The SMILES string of the molecule is Cc1[nH]nc(C#N)c1C(F)F. The van der Waals surface area contributed by atoms with Crippen LogP contribution in [-0.2, 0) is 0 Å². The van der Waals surface area contributed by atoms with E-state index in [2.05, 4.69) is 10.2 Å². The summed E-state index contributed by atoms with van der Waals surface area (Å²) in [7, 11) is 0. The molecule has 0 unspecified atom stereocenters. The third-order valence-corrected chi connectivity index (χ3v) is 1.32. The van der Waals surface area contributed by atoms with E-state index in [1.165, 1.54) is 6.92 Å². The lowest BCUT2D eigenvalue weighted by molar-refractivity contribution is 0.150. The van der Waals surface area contributed by atoms with E-state index in [0.29, 0.717) is 0 Å². The lowest BCUT2D eigenvalue weighted by atomic mass is 10.2. The minimum atomic E-state index is -2.64. The number of halogens is 2. The largest absolute Gasteiger partial charge is 0.281 e. The Morgan fingerprint density at radius 3 is 2.64 bits per heavy atom. The number of hydrogen-bond acceptors (Lipinski definition) is 2. The van der Waals surface area contributed by atoms with Crippen LogP contribution in [0, 0.1) is 18.3 Å². The number of nitriles is 1. The molecule has 0 spiro atoms. The van der Waals surface area contributed by atoms with Crippen molar-refractivity contribution in [1.29, 1.82) is 5.26 Å². The average molecular weight is 157 g/mol. The third kappa shape index (κ3) is 1.19. The van der Waals surface area contributed by atoms with E-state index in [0.717, 1.165) is 0 Å². The molecule has 0 atom stereocenters. The molecule has 0 amide bonds. The van der Waals surface area contributed by atoms with Crippen LogP contribution in [0.1, 0.15) is 23.4 Å². The lowest BCUT2D eigenvalue weighted by Crippen LogP contribution is -1.88. The van der Waals surface area contributed by atoms with E-state index >= 15 is 0 Å². The Balaban J connectivity index is 3.21. The van der Waals surface area contributed by atoms with Crippen LogP contribution in [0.15, 0.2) is 0 Å². The van der Waals surface area contributed by atoms with E-state index in [4.69, 9.17) is 5.26 Å². The van der Waals surface area contributed by atoms with Gasteiger partial charge in [-0.15, -0.1) is 0 Å². The van der Waals surface area contributed by atoms with Gasteiger partial charge in [0.15, 0.2) is 5.69 Å². The minimum absolute atomic E-state index is 0.225. The molecule has 3 nitrogen and oxygen atoms in total. The summed E-state index contributed by atoms with van der Waals surface area (Å²) in [6.07, 6.45) is -2.64. The summed E-state index contributed by atoms with van der Waals surface area (Å²) in [4.78, 5) is 0. The number of nitrogens with one attached hydrogen (secondary N) is 1. The summed E-state index contributed by atoms with van der Waals surface area (Å²) in [6.45, 7) is 1.45. The van der Waals surface area contributed by atoms with E-state index in [-0.39, 0.29) is 17.0 Å². The zero-order valence-electron chi connectivity index (χ0n) is 5.73. The van der Waals surface area contributed by atoms with Gasteiger partial charge in [-0.3, -0.25) is 5.10 Å². The minimum Gasteiger partial charge on any atom is -0.281 e. The molecule has 0 radical (unpaired) electrons. The van der Waals surface area contributed by atoms with Crippen LogP contribution in [0.2, 0.25) is 0 Å². The van der Waals surface area contributed by atoms with Crippen LogP contribution in [0.25, 0.3) is 0 Å². The normalized spacial score (nSPS) is 10.1. The molecule has 0 saturated carbocycles. The molecule has 0 fully saturated rings. The van der Waals surface area contributed by atoms with Crippen molar-refractivity contribution in [2.75, 3.05) is 0 Å². The molecule has 1 N–H and O–H groups in total. The van der Waals surface area contributed by atoms with Gasteiger partial charge in [0.2, 0.25) is 0 Å². The smallest absolute Gasteiger partial charge is 0.268 e. The second kappa shape index (κ2) is 2.66. The maximum atomic E-state index is 12.1. The summed E-state index contributed by atoms with van der Waals surface area (Å²) in [6, 6.07) is 1.58. The highest BCUT2D eigenvalue weighted by atomic mass is 19.3. The van der Waals surface area contributed by atoms with Crippen molar-refractivity contribution in [3.8, 4) is 6.07 Å². The molecule has 11 heavy (non-hydrogen) atoms. The maximum Gasteiger partial charge on any atom is 0.268 e. The predicted molar refractivity (Wildman–Crippen MR) is 33.0 cm³/mol. The average Bonchev–Trinajstić information content (AvgIpc) is 2.30. The lowest BCUT2D eigenvalue weighted by Gasteiger charge is -1.94. The van der Waals surface area contributed by atoms with Gasteiger partial charge in [0.25, 0.3) is 6.43 Å². The quantitative estimate of drug-likeness (QED) is 0.671. The first-order valence-electron chi connectivity index (χ1n) is 2.90. The van der Waals surface area contributed by atoms with Crippen molar-refractivity contribution in [3.05, 3.63) is 17.0 Å². The van der Waals surface area contributed by atoms with Crippen molar-refractivity contribution >= 4 is 0 Å². The number of aromatic amines is 1. The standard InChI is InChI=1S/C6H5F2N3/c1-3-5(6(7)8)4(2-9)11-10-3/h6H,1H3,(H,10,11). The van der Waals surface area contributed by atoms with Crippen LogP contribution in [-0.4, -0.2) is 10.2 Å². The topological polar surface area (TPSA) is 52.5 Å². The highest BCUT2D eigenvalue weighted by molar-refractivity contribution is 5.34. The van der Waals surface area contributed by atoms with Crippen molar-refractivity contribution in [2.24, 2.45) is 0 Å². The molecule has 0 bridgehead atoms. The molecule has 1 aromatic heterocycles.